The van der Waals surface area contributed by atoms with Gasteiger partial charge in [-0.15, -0.1) is 0 Å². The van der Waals surface area contributed by atoms with Crippen LogP contribution in [0.4, 0.5) is 17.1 Å². The van der Waals surface area contributed by atoms with Gasteiger partial charge in [-0.05, 0) is 31.0 Å². The van der Waals surface area contributed by atoms with Crippen LogP contribution in [-0.4, -0.2) is 40.0 Å². The number of hydrogen-bond donors (Lipinski definition) is 2. The van der Waals surface area contributed by atoms with Gasteiger partial charge in [0.2, 0.25) is 10.0 Å². The number of ether oxygens (including phenoxy) is 1. The van der Waals surface area contributed by atoms with E-state index in [9.17, 15) is 8.42 Å². The monoisotopic (exact) mass is 297 g/mol. The van der Waals surface area contributed by atoms with E-state index in [0.717, 1.165) is 25.3 Å². The first-order chi connectivity index (χ1) is 9.56. The van der Waals surface area contributed by atoms with Gasteiger partial charge in [0.15, 0.2) is 0 Å². The second-order valence-corrected chi connectivity index (χ2v) is 7.19. The number of rotatable bonds is 4. The lowest BCUT2D eigenvalue weighted by atomic mass is 10.2. The van der Waals surface area contributed by atoms with Crippen molar-refractivity contribution in [1.82, 2.24) is 0 Å². The van der Waals surface area contributed by atoms with Gasteiger partial charge in [0.1, 0.15) is 0 Å². The summed E-state index contributed by atoms with van der Waals surface area (Å²) < 4.78 is 30.5. The van der Waals surface area contributed by atoms with Gasteiger partial charge in [-0.3, -0.25) is 4.31 Å². The van der Waals surface area contributed by atoms with Crippen molar-refractivity contribution in [2.24, 2.45) is 0 Å². The highest BCUT2D eigenvalue weighted by atomic mass is 32.2. The summed E-state index contributed by atoms with van der Waals surface area (Å²) in [5, 5.41) is 3.24. The fourth-order valence-electron chi connectivity index (χ4n) is 2.47. The number of hydrogen-bond acceptors (Lipinski definition) is 5. The Morgan fingerprint density at radius 3 is 2.80 bits per heavy atom. The molecule has 6 nitrogen and oxygen atoms in total. The molecule has 1 aromatic carbocycles. The predicted octanol–water partition coefficient (Wildman–Crippen LogP) is 1.01. The zero-order valence-corrected chi connectivity index (χ0v) is 12.0. The first-order valence-corrected chi connectivity index (χ1v) is 8.42. The number of nitrogens with zero attached hydrogens (tertiary/aromatic N) is 1. The zero-order valence-electron chi connectivity index (χ0n) is 11.2. The SMILES string of the molecule is Nc1cc(N2CCCS2(=O)=O)ccc1NCC1CCO1. The molecule has 2 fully saturated rings. The molecule has 0 bridgehead atoms. The van der Waals surface area contributed by atoms with Crippen LogP contribution in [0.15, 0.2) is 18.2 Å². The fraction of sp³-hybridized carbons (Fsp3) is 0.538. The van der Waals surface area contributed by atoms with Crippen LogP contribution in [0.1, 0.15) is 12.8 Å². The summed E-state index contributed by atoms with van der Waals surface area (Å²) in [6, 6.07) is 5.34. The summed E-state index contributed by atoms with van der Waals surface area (Å²) in [7, 11) is -3.15. The van der Waals surface area contributed by atoms with Crippen LogP contribution in [0.3, 0.4) is 0 Å². The van der Waals surface area contributed by atoms with Gasteiger partial charge < -0.3 is 15.8 Å². The lowest BCUT2D eigenvalue weighted by Crippen LogP contribution is -2.33. The third kappa shape index (κ3) is 2.55. The minimum atomic E-state index is -3.15. The average Bonchev–Trinajstić information content (AvgIpc) is 2.69. The summed E-state index contributed by atoms with van der Waals surface area (Å²) in [5.41, 5.74) is 8.02. The van der Waals surface area contributed by atoms with Crippen LogP contribution in [0.25, 0.3) is 0 Å². The first kappa shape index (κ1) is 13.5. The summed E-state index contributed by atoms with van der Waals surface area (Å²) in [6.45, 7) is 2.09. The molecular formula is C13H19N3O3S. The van der Waals surface area contributed by atoms with Crippen LogP contribution in [0.2, 0.25) is 0 Å². The molecule has 0 saturated carbocycles. The van der Waals surface area contributed by atoms with Crippen molar-refractivity contribution in [3.8, 4) is 0 Å². The molecule has 2 saturated heterocycles. The molecule has 2 aliphatic rings. The summed E-state index contributed by atoms with van der Waals surface area (Å²) in [5.74, 6) is 0.214. The van der Waals surface area contributed by atoms with Crippen molar-refractivity contribution in [2.45, 2.75) is 18.9 Å². The van der Waals surface area contributed by atoms with E-state index in [-0.39, 0.29) is 11.9 Å². The van der Waals surface area contributed by atoms with Gasteiger partial charge in [-0.1, -0.05) is 0 Å². The largest absolute Gasteiger partial charge is 0.397 e. The smallest absolute Gasteiger partial charge is 0.235 e. The van der Waals surface area contributed by atoms with E-state index in [1.54, 1.807) is 12.1 Å². The minimum Gasteiger partial charge on any atom is -0.397 e. The molecule has 110 valence electrons. The molecule has 3 rings (SSSR count). The molecule has 0 amide bonds. The lowest BCUT2D eigenvalue weighted by Gasteiger charge is -2.27. The Morgan fingerprint density at radius 1 is 1.45 bits per heavy atom. The van der Waals surface area contributed by atoms with Crippen LogP contribution in [0.5, 0.6) is 0 Å². The first-order valence-electron chi connectivity index (χ1n) is 6.82. The van der Waals surface area contributed by atoms with Gasteiger partial charge in [-0.25, -0.2) is 8.42 Å². The Bertz CT molecular complexity index is 599. The molecule has 20 heavy (non-hydrogen) atoms. The lowest BCUT2D eigenvalue weighted by molar-refractivity contribution is -0.0410. The number of benzene rings is 1. The van der Waals surface area contributed by atoms with Crippen molar-refractivity contribution in [3.63, 3.8) is 0 Å². The van der Waals surface area contributed by atoms with Crippen LogP contribution < -0.4 is 15.4 Å². The van der Waals surface area contributed by atoms with Gasteiger partial charge in [0.25, 0.3) is 0 Å². The quantitative estimate of drug-likeness (QED) is 0.810. The molecule has 1 unspecified atom stereocenters. The van der Waals surface area contributed by atoms with E-state index in [1.165, 1.54) is 4.31 Å². The number of nitrogen functional groups attached to an aromatic ring is 1. The van der Waals surface area contributed by atoms with E-state index in [0.29, 0.717) is 24.3 Å². The topological polar surface area (TPSA) is 84.7 Å². The van der Waals surface area contributed by atoms with E-state index >= 15 is 0 Å². The number of sulfonamides is 1. The normalized spacial score (nSPS) is 24.4. The summed E-state index contributed by atoms with van der Waals surface area (Å²) in [4.78, 5) is 0. The third-order valence-corrected chi connectivity index (χ3v) is 5.61. The van der Waals surface area contributed by atoms with Gasteiger partial charge in [0.05, 0.1) is 28.9 Å². The van der Waals surface area contributed by atoms with E-state index < -0.39 is 10.0 Å². The Labute approximate surface area is 118 Å². The second kappa shape index (κ2) is 5.14. The average molecular weight is 297 g/mol. The molecule has 0 aromatic heterocycles. The third-order valence-electron chi connectivity index (χ3n) is 3.74. The molecule has 7 heteroatoms. The van der Waals surface area contributed by atoms with Crippen molar-refractivity contribution < 1.29 is 13.2 Å². The highest BCUT2D eigenvalue weighted by Gasteiger charge is 2.28. The standard InChI is InChI=1S/C13H19N3O3S/c14-12-8-10(16-5-1-7-20(16,17)18)2-3-13(12)15-9-11-4-6-19-11/h2-3,8,11,15H,1,4-7,9,14H2. The van der Waals surface area contributed by atoms with Crippen LogP contribution >= 0.6 is 0 Å². The molecule has 1 atom stereocenters. The zero-order chi connectivity index (χ0) is 14.2. The summed E-state index contributed by atoms with van der Waals surface area (Å²) >= 11 is 0. The molecule has 0 radical (unpaired) electrons. The van der Waals surface area contributed by atoms with Crippen molar-refractivity contribution >= 4 is 27.1 Å². The molecule has 3 N–H and O–H groups in total. The minimum absolute atomic E-state index is 0.214. The molecule has 0 aliphatic carbocycles. The van der Waals surface area contributed by atoms with E-state index in [1.807, 2.05) is 6.07 Å². The van der Waals surface area contributed by atoms with Crippen LogP contribution in [-0.2, 0) is 14.8 Å². The highest BCUT2D eigenvalue weighted by molar-refractivity contribution is 7.93. The van der Waals surface area contributed by atoms with Crippen molar-refractivity contribution in [2.75, 3.05) is 40.8 Å². The van der Waals surface area contributed by atoms with Crippen LogP contribution in [0, 0.1) is 0 Å². The van der Waals surface area contributed by atoms with Gasteiger partial charge >= 0.3 is 0 Å². The predicted molar refractivity (Wildman–Crippen MR) is 79.5 cm³/mol. The summed E-state index contributed by atoms with van der Waals surface area (Å²) in [6.07, 6.45) is 1.99. The Kier molecular flexibility index (Phi) is 3.47. The molecule has 2 aliphatic heterocycles. The maximum Gasteiger partial charge on any atom is 0.235 e. The maximum atomic E-state index is 11.9. The second-order valence-electron chi connectivity index (χ2n) is 5.18. The maximum absolute atomic E-state index is 11.9. The van der Waals surface area contributed by atoms with Gasteiger partial charge in [0, 0.05) is 19.7 Å². The number of nitrogens with two attached hydrogens (primary N) is 1. The van der Waals surface area contributed by atoms with Gasteiger partial charge in [-0.2, -0.15) is 0 Å². The molecule has 1 aromatic rings. The van der Waals surface area contributed by atoms with Crippen molar-refractivity contribution in [1.29, 1.82) is 0 Å². The Morgan fingerprint density at radius 2 is 2.25 bits per heavy atom. The molecule has 2 heterocycles. The van der Waals surface area contributed by atoms with E-state index in [4.69, 9.17) is 10.5 Å². The number of anilines is 3. The fourth-order valence-corrected chi connectivity index (χ4v) is 4.02. The van der Waals surface area contributed by atoms with Crippen molar-refractivity contribution in [3.05, 3.63) is 18.2 Å². The Balaban J connectivity index is 1.73. The molecule has 0 spiro atoms. The Hall–Kier alpha value is -1.47. The highest BCUT2D eigenvalue weighted by Crippen LogP contribution is 2.29. The number of nitrogens with one attached hydrogen (secondary N) is 1. The molecular weight excluding hydrogens is 278 g/mol. The van der Waals surface area contributed by atoms with E-state index in [2.05, 4.69) is 5.32 Å².